The van der Waals surface area contributed by atoms with Crippen LogP contribution in [0.4, 0.5) is 0 Å². The van der Waals surface area contributed by atoms with Gasteiger partial charge in [-0.1, -0.05) is 42.6 Å². The van der Waals surface area contributed by atoms with Gasteiger partial charge in [-0.15, -0.1) is 0 Å². The Balaban J connectivity index is 1.92. The smallest absolute Gasteiger partial charge is 0.282 e. The summed E-state index contributed by atoms with van der Waals surface area (Å²) in [4.78, 5) is 16.3. The fourth-order valence-corrected chi connectivity index (χ4v) is 3.62. The van der Waals surface area contributed by atoms with E-state index in [9.17, 15) is 4.79 Å². The van der Waals surface area contributed by atoms with Crippen molar-refractivity contribution < 1.29 is 4.79 Å². The number of rotatable bonds is 4. The highest BCUT2D eigenvalue weighted by atomic mass is 35.5. The van der Waals surface area contributed by atoms with Gasteiger partial charge in [0.05, 0.1) is 5.57 Å². The molecule has 0 saturated carbocycles. The molecular weight excluding hydrogens is 367 g/mol. The Morgan fingerprint density at radius 3 is 2.88 bits per heavy atom. The predicted molar refractivity (Wildman–Crippen MR) is 101 cm³/mol. The minimum absolute atomic E-state index is 0.00927. The summed E-state index contributed by atoms with van der Waals surface area (Å²) < 4.78 is 0. The molecule has 2 aliphatic rings. The summed E-state index contributed by atoms with van der Waals surface area (Å²) in [5.41, 5.74) is 0.763. The van der Waals surface area contributed by atoms with Gasteiger partial charge in [-0.3, -0.25) is 10.2 Å². The molecule has 0 spiro atoms. The van der Waals surface area contributed by atoms with Gasteiger partial charge in [-0.25, -0.2) is 0 Å². The summed E-state index contributed by atoms with van der Waals surface area (Å²) in [6.07, 6.45) is 4.44. The minimum Gasteiger partial charge on any atom is -0.282 e. The van der Waals surface area contributed by atoms with Gasteiger partial charge in [0.1, 0.15) is 5.04 Å². The zero-order valence-corrected chi connectivity index (χ0v) is 15.2. The number of unbranched alkanes of at least 4 members (excludes halogenated alkanes) is 1. The number of nitrogens with zero attached hydrogens (tertiary/aromatic N) is 3. The number of amidine groups is 2. The number of benzene rings is 1. The average molecular weight is 381 g/mol. The predicted octanol–water partition coefficient (Wildman–Crippen LogP) is 4.80. The van der Waals surface area contributed by atoms with Crippen LogP contribution in [0.5, 0.6) is 0 Å². The van der Waals surface area contributed by atoms with Crippen LogP contribution in [-0.4, -0.2) is 27.0 Å². The molecule has 1 aromatic carbocycles. The Labute approximate surface area is 153 Å². The third-order valence-electron chi connectivity index (χ3n) is 3.50. The van der Waals surface area contributed by atoms with E-state index in [1.807, 2.05) is 0 Å². The number of hydrogen-bond donors (Lipinski definition) is 1. The summed E-state index contributed by atoms with van der Waals surface area (Å²) in [6.45, 7) is 2.10. The lowest BCUT2D eigenvalue weighted by Crippen LogP contribution is -2.35. The molecule has 0 atom stereocenters. The molecule has 1 amide bonds. The largest absolute Gasteiger partial charge is 0.283 e. The Kier molecular flexibility index (Phi) is 5.08. The molecular formula is C16H14Cl2N4OS. The van der Waals surface area contributed by atoms with Crippen molar-refractivity contribution in [2.45, 2.75) is 26.2 Å². The number of halogens is 2. The van der Waals surface area contributed by atoms with E-state index in [4.69, 9.17) is 28.6 Å². The lowest BCUT2D eigenvalue weighted by Gasteiger charge is -2.20. The second-order valence-corrected chi connectivity index (χ2v) is 7.17. The highest BCUT2D eigenvalue weighted by molar-refractivity contribution is 8.26. The van der Waals surface area contributed by atoms with Gasteiger partial charge in [0.2, 0.25) is 5.17 Å². The molecule has 0 fully saturated rings. The van der Waals surface area contributed by atoms with Gasteiger partial charge in [0, 0.05) is 10.0 Å². The molecule has 0 bridgehead atoms. The maximum Gasteiger partial charge on any atom is 0.283 e. The van der Waals surface area contributed by atoms with Gasteiger partial charge in [-0.2, -0.15) is 15.1 Å². The molecule has 0 aromatic heterocycles. The van der Waals surface area contributed by atoms with E-state index < -0.39 is 5.91 Å². The fourth-order valence-electron chi connectivity index (χ4n) is 2.23. The van der Waals surface area contributed by atoms with E-state index in [-0.39, 0.29) is 11.4 Å². The fraction of sp³-hybridized carbons (Fsp3) is 0.250. The number of nitrogens with one attached hydrogen (secondary N) is 1. The van der Waals surface area contributed by atoms with Crippen LogP contribution >= 0.6 is 35.0 Å². The summed E-state index contributed by atoms with van der Waals surface area (Å²) in [5.74, 6) is -0.452. The van der Waals surface area contributed by atoms with Crippen molar-refractivity contribution in [3.05, 3.63) is 39.4 Å². The molecule has 2 heterocycles. The first kappa shape index (κ1) is 17.2. The Bertz CT molecular complexity index is 816. The number of hydrogen-bond acceptors (Lipinski definition) is 4. The first-order valence-electron chi connectivity index (χ1n) is 7.43. The number of carbonyl (C=O) groups is 1. The molecule has 5 nitrogen and oxygen atoms in total. The summed E-state index contributed by atoms with van der Waals surface area (Å²) in [7, 11) is 0. The zero-order valence-electron chi connectivity index (χ0n) is 12.8. The van der Waals surface area contributed by atoms with E-state index >= 15 is 0 Å². The van der Waals surface area contributed by atoms with Crippen LogP contribution in [0.1, 0.15) is 31.7 Å². The topological polar surface area (TPSA) is 68.9 Å². The summed E-state index contributed by atoms with van der Waals surface area (Å²) in [6, 6.07) is 4.97. The van der Waals surface area contributed by atoms with Crippen LogP contribution in [0.2, 0.25) is 10.0 Å². The molecule has 2 aliphatic heterocycles. The average Bonchev–Trinajstić information content (AvgIpc) is 2.94. The van der Waals surface area contributed by atoms with Crippen LogP contribution < -0.4 is 0 Å². The van der Waals surface area contributed by atoms with Crippen molar-refractivity contribution in [1.29, 1.82) is 5.41 Å². The highest BCUT2D eigenvalue weighted by Crippen LogP contribution is 2.31. The summed E-state index contributed by atoms with van der Waals surface area (Å²) in [5, 5.41) is 16.3. The van der Waals surface area contributed by atoms with Crippen molar-refractivity contribution in [3.8, 4) is 0 Å². The van der Waals surface area contributed by atoms with Crippen molar-refractivity contribution in [2.24, 2.45) is 10.1 Å². The Morgan fingerprint density at radius 2 is 2.17 bits per heavy atom. The summed E-state index contributed by atoms with van der Waals surface area (Å²) >= 11 is 13.4. The van der Waals surface area contributed by atoms with E-state index in [0.29, 0.717) is 20.8 Å². The molecule has 124 valence electrons. The number of thioether (sulfide) groups is 1. The maximum atomic E-state index is 12.3. The number of fused-ring (bicyclic) bond motifs is 1. The van der Waals surface area contributed by atoms with Gasteiger partial charge in [0.25, 0.3) is 5.91 Å². The number of amides is 1. The van der Waals surface area contributed by atoms with E-state index in [0.717, 1.165) is 24.3 Å². The van der Waals surface area contributed by atoms with Crippen molar-refractivity contribution in [2.75, 3.05) is 0 Å². The number of carbonyl (C=O) groups excluding carboxylic acids is 1. The second kappa shape index (κ2) is 7.09. The van der Waals surface area contributed by atoms with Crippen molar-refractivity contribution in [1.82, 2.24) is 5.01 Å². The molecule has 0 aliphatic carbocycles. The lowest BCUT2D eigenvalue weighted by atomic mass is 10.1. The second-order valence-electron chi connectivity index (χ2n) is 5.28. The quantitative estimate of drug-likeness (QED) is 0.762. The lowest BCUT2D eigenvalue weighted by molar-refractivity contribution is -0.114. The maximum absolute atomic E-state index is 12.3. The van der Waals surface area contributed by atoms with Crippen molar-refractivity contribution in [3.63, 3.8) is 0 Å². The molecule has 0 unspecified atom stereocenters. The first-order chi connectivity index (χ1) is 11.5. The monoisotopic (exact) mass is 380 g/mol. The highest BCUT2D eigenvalue weighted by Gasteiger charge is 2.35. The standard InChI is InChI=1S/C16H14Cl2N4OS/c1-2-3-4-13-21-22-14(19)11(15(23)20-16(22)24-13)7-9-5-6-10(17)8-12(9)18/h5-8,19H,2-4H2,1H3/b11-7-,19-14?. The first-order valence-corrected chi connectivity index (χ1v) is 9.01. The van der Waals surface area contributed by atoms with Gasteiger partial charge < -0.3 is 0 Å². The van der Waals surface area contributed by atoms with Gasteiger partial charge in [0.15, 0.2) is 5.84 Å². The Hall–Kier alpha value is -1.63. The third-order valence-corrected chi connectivity index (χ3v) is 5.03. The number of hydrazone groups is 1. The number of aliphatic imine (C=N–C) groups is 1. The Morgan fingerprint density at radius 1 is 1.38 bits per heavy atom. The van der Waals surface area contributed by atoms with Crippen LogP contribution in [0.3, 0.4) is 0 Å². The SMILES string of the molecule is CCCCC1=NN2C(=N)/C(=C/c3ccc(Cl)cc3Cl)C(=O)N=C2S1. The molecule has 1 aromatic rings. The minimum atomic E-state index is -0.461. The van der Waals surface area contributed by atoms with E-state index in [1.54, 1.807) is 24.3 Å². The van der Waals surface area contributed by atoms with Crippen LogP contribution in [0.25, 0.3) is 6.08 Å². The molecule has 24 heavy (non-hydrogen) atoms. The van der Waals surface area contributed by atoms with Gasteiger partial charge in [-0.05, 0) is 48.4 Å². The van der Waals surface area contributed by atoms with Gasteiger partial charge >= 0.3 is 0 Å². The van der Waals surface area contributed by atoms with Crippen LogP contribution in [-0.2, 0) is 4.79 Å². The van der Waals surface area contributed by atoms with E-state index in [2.05, 4.69) is 17.0 Å². The molecule has 0 saturated heterocycles. The molecule has 3 rings (SSSR count). The third kappa shape index (κ3) is 3.41. The van der Waals surface area contributed by atoms with Crippen molar-refractivity contribution >= 4 is 63.0 Å². The molecule has 1 N–H and O–H groups in total. The zero-order chi connectivity index (χ0) is 17.3. The molecule has 0 radical (unpaired) electrons. The van der Waals surface area contributed by atoms with E-state index in [1.165, 1.54) is 16.8 Å². The normalized spacial score (nSPS) is 18.8. The molecule has 8 heteroatoms. The van der Waals surface area contributed by atoms with Crippen LogP contribution in [0, 0.1) is 5.41 Å². The van der Waals surface area contributed by atoms with Crippen LogP contribution in [0.15, 0.2) is 33.9 Å².